The van der Waals surface area contributed by atoms with Gasteiger partial charge in [0.1, 0.15) is 5.60 Å². The van der Waals surface area contributed by atoms with Gasteiger partial charge >= 0.3 is 6.09 Å². The van der Waals surface area contributed by atoms with Crippen LogP contribution in [0.15, 0.2) is 0 Å². The van der Waals surface area contributed by atoms with Gasteiger partial charge in [-0.3, -0.25) is 9.59 Å². The first kappa shape index (κ1) is 21.0. The van der Waals surface area contributed by atoms with Crippen LogP contribution in [0.2, 0.25) is 0 Å². The average Bonchev–Trinajstić information content (AvgIpc) is 3.27. The molecule has 9 heteroatoms. The molecule has 0 aromatic heterocycles. The molecule has 0 spiro atoms. The van der Waals surface area contributed by atoms with Crippen LogP contribution < -0.4 is 16.0 Å². The van der Waals surface area contributed by atoms with Crippen molar-refractivity contribution in [2.24, 2.45) is 0 Å². The summed E-state index contributed by atoms with van der Waals surface area (Å²) in [6.45, 7) is 6.06. The second-order valence-corrected chi connectivity index (χ2v) is 9.40. The van der Waals surface area contributed by atoms with Gasteiger partial charge in [-0.2, -0.15) is 0 Å². The van der Waals surface area contributed by atoms with Gasteiger partial charge in [0.2, 0.25) is 11.8 Å². The minimum absolute atomic E-state index is 0.0421. The number of carbonyl (C=O) groups is 3. The number of unbranched alkanes of at least 4 members (excludes halogenated alkanes) is 1. The number of amides is 3. The first-order valence-corrected chi connectivity index (χ1v) is 10.4. The fraction of sp³-hybridized carbons (Fsp3) is 0.800. The van der Waals surface area contributed by atoms with Gasteiger partial charge in [0.15, 0.2) is 0 Å². The molecule has 24 heavy (non-hydrogen) atoms. The first-order chi connectivity index (χ1) is 11.3. The van der Waals surface area contributed by atoms with E-state index < -0.39 is 11.7 Å². The topological polar surface area (TPSA) is 96.5 Å². The Morgan fingerprint density at radius 3 is 2.29 bits per heavy atom. The molecule has 0 bridgehead atoms. The Hall–Kier alpha value is -1.09. The van der Waals surface area contributed by atoms with Crippen molar-refractivity contribution >= 4 is 39.5 Å². The number of carbonyl (C=O) groups excluding carboxylic acids is 3. The third kappa shape index (κ3) is 12.3. The molecule has 0 radical (unpaired) electrons. The molecule has 3 N–H and O–H groups in total. The predicted octanol–water partition coefficient (Wildman–Crippen LogP) is 2.03. The highest BCUT2D eigenvalue weighted by Crippen LogP contribution is 2.55. The summed E-state index contributed by atoms with van der Waals surface area (Å²) in [6.07, 6.45) is 2.79. The largest absolute Gasteiger partial charge is 0.444 e. The van der Waals surface area contributed by atoms with Crippen molar-refractivity contribution in [3.63, 3.8) is 0 Å². The number of hydrogen-bond donors (Lipinski definition) is 3. The maximum Gasteiger partial charge on any atom is 0.407 e. The lowest BCUT2D eigenvalue weighted by Gasteiger charge is -2.19. The molecule has 1 saturated heterocycles. The number of hydrogen-bond acceptors (Lipinski definition) is 6. The fourth-order valence-electron chi connectivity index (χ4n) is 1.72. The van der Waals surface area contributed by atoms with Gasteiger partial charge in [0, 0.05) is 19.5 Å². The summed E-state index contributed by atoms with van der Waals surface area (Å²) in [4.78, 5) is 34.5. The zero-order valence-corrected chi connectivity index (χ0v) is 16.1. The van der Waals surface area contributed by atoms with E-state index in [4.69, 9.17) is 4.74 Å². The molecule has 1 fully saturated rings. The van der Waals surface area contributed by atoms with Crippen molar-refractivity contribution < 1.29 is 19.1 Å². The van der Waals surface area contributed by atoms with Crippen LogP contribution in [0.4, 0.5) is 4.79 Å². The van der Waals surface area contributed by atoms with Gasteiger partial charge in [-0.05, 0) is 40.0 Å². The number of ether oxygens (including phenoxy) is 1. The Morgan fingerprint density at radius 1 is 0.958 bits per heavy atom. The van der Waals surface area contributed by atoms with Crippen molar-refractivity contribution in [2.45, 2.75) is 56.6 Å². The standard InChI is InChI=1S/C15H27N3O4S2/c1-15(2,3)22-14(21)17-9-7-11(19)18-10-12(20)16-8-5-4-6-13-23-24-13/h13H,4-10H2,1-3H3,(H,16,20)(H,17,21)(H,18,19). The molecule has 1 rings (SSSR count). The van der Waals surface area contributed by atoms with Gasteiger partial charge in [-0.25, -0.2) is 4.79 Å². The Balaban J connectivity index is 1.95. The van der Waals surface area contributed by atoms with Crippen LogP contribution in [-0.2, 0) is 14.3 Å². The third-order valence-electron chi connectivity index (χ3n) is 2.89. The Morgan fingerprint density at radius 2 is 1.67 bits per heavy atom. The van der Waals surface area contributed by atoms with Crippen molar-refractivity contribution in [3.8, 4) is 0 Å². The molecule has 1 aliphatic heterocycles. The summed E-state index contributed by atoms with van der Waals surface area (Å²) in [5, 5.41) is 7.79. The summed E-state index contributed by atoms with van der Waals surface area (Å²) in [5.74, 6) is -0.484. The van der Waals surface area contributed by atoms with Crippen LogP contribution in [0.3, 0.4) is 0 Å². The number of alkyl carbamates (subject to hydrolysis) is 1. The summed E-state index contributed by atoms with van der Waals surface area (Å²) in [7, 11) is 3.80. The average molecular weight is 378 g/mol. The smallest absolute Gasteiger partial charge is 0.407 e. The molecule has 0 saturated carbocycles. The molecular formula is C15H27N3O4S2. The molecule has 7 nitrogen and oxygen atoms in total. The van der Waals surface area contributed by atoms with Gasteiger partial charge in [0.05, 0.1) is 11.1 Å². The molecule has 0 aromatic rings. The number of nitrogens with one attached hydrogen (secondary N) is 3. The van der Waals surface area contributed by atoms with Crippen LogP contribution in [0.25, 0.3) is 0 Å². The molecule has 138 valence electrons. The first-order valence-electron chi connectivity index (χ1n) is 8.08. The summed E-state index contributed by atoms with van der Waals surface area (Å²) in [5.41, 5.74) is -0.569. The van der Waals surface area contributed by atoms with Gasteiger partial charge < -0.3 is 20.7 Å². The number of rotatable bonds is 10. The minimum atomic E-state index is -0.569. The maximum atomic E-state index is 11.6. The minimum Gasteiger partial charge on any atom is -0.444 e. The van der Waals surface area contributed by atoms with Crippen LogP contribution >= 0.6 is 21.6 Å². The van der Waals surface area contributed by atoms with Gasteiger partial charge in [-0.15, -0.1) is 0 Å². The second kappa shape index (κ2) is 10.7. The molecule has 0 atom stereocenters. The van der Waals surface area contributed by atoms with Gasteiger partial charge in [-0.1, -0.05) is 21.6 Å². The lowest BCUT2D eigenvalue weighted by molar-refractivity contribution is -0.126. The van der Waals surface area contributed by atoms with E-state index in [1.807, 2.05) is 21.6 Å². The zero-order chi connectivity index (χ0) is 18.0. The lowest BCUT2D eigenvalue weighted by atomic mass is 10.2. The van der Waals surface area contributed by atoms with E-state index in [1.54, 1.807) is 20.8 Å². The Bertz CT molecular complexity index is 437. The van der Waals surface area contributed by atoms with E-state index in [1.165, 1.54) is 6.42 Å². The van der Waals surface area contributed by atoms with Crippen molar-refractivity contribution in [2.75, 3.05) is 19.6 Å². The molecular weight excluding hydrogens is 350 g/mol. The Kier molecular flexibility index (Phi) is 9.35. The van der Waals surface area contributed by atoms with E-state index >= 15 is 0 Å². The van der Waals surface area contributed by atoms with Crippen LogP contribution in [-0.4, -0.2) is 47.7 Å². The van der Waals surface area contributed by atoms with E-state index in [-0.39, 0.29) is 31.3 Å². The van der Waals surface area contributed by atoms with E-state index in [0.29, 0.717) is 6.54 Å². The SMILES string of the molecule is CC(C)(C)OC(=O)NCCC(=O)NCC(=O)NCCCCC1SS1. The van der Waals surface area contributed by atoms with E-state index in [2.05, 4.69) is 16.0 Å². The Labute approximate surface area is 151 Å². The van der Waals surface area contributed by atoms with Crippen molar-refractivity contribution in [3.05, 3.63) is 0 Å². The summed E-state index contributed by atoms with van der Waals surface area (Å²) in [6, 6.07) is 0. The maximum absolute atomic E-state index is 11.6. The quantitative estimate of drug-likeness (QED) is 0.306. The molecule has 3 amide bonds. The van der Waals surface area contributed by atoms with Crippen molar-refractivity contribution in [1.82, 2.24) is 16.0 Å². The molecule has 1 heterocycles. The molecule has 0 aromatic carbocycles. The van der Waals surface area contributed by atoms with Crippen molar-refractivity contribution in [1.29, 1.82) is 0 Å². The summed E-state index contributed by atoms with van der Waals surface area (Å²) >= 11 is 0. The zero-order valence-electron chi connectivity index (χ0n) is 14.5. The monoisotopic (exact) mass is 377 g/mol. The second-order valence-electron chi connectivity index (χ2n) is 6.42. The van der Waals surface area contributed by atoms with E-state index in [9.17, 15) is 14.4 Å². The molecule has 1 aliphatic rings. The highest BCUT2D eigenvalue weighted by atomic mass is 33.2. The van der Waals surface area contributed by atoms with Gasteiger partial charge in [0.25, 0.3) is 0 Å². The van der Waals surface area contributed by atoms with Crippen LogP contribution in [0, 0.1) is 0 Å². The highest BCUT2D eigenvalue weighted by molar-refractivity contribution is 8.92. The molecule has 0 unspecified atom stereocenters. The lowest BCUT2D eigenvalue weighted by Crippen LogP contribution is -2.39. The van der Waals surface area contributed by atoms with Crippen LogP contribution in [0.5, 0.6) is 0 Å². The third-order valence-corrected chi connectivity index (χ3v) is 5.22. The molecule has 0 aliphatic carbocycles. The summed E-state index contributed by atoms with van der Waals surface area (Å²) < 4.78 is 5.81. The fourth-order valence-corrected chi connectivity index (χ4v) is 3.14. The predicted molar refractivity (Wildman–Crippen MR) is 97.7 cm³/mol. The highest BCUT2D eigenvalue weighted by Gasteiger charge is 2.22. The van der Waals surface area contributed by atoms with E-state index in [0.717, 1.165) is 17.4 Å². The normalized spacial score (nSPS) is 14.0. The van der Waals surface area contributed by atoms with Crippen LogP contribution in [0.1, 0.15) is 46.5 Å².